The summed E-state index contributed by atoms with van der Waals surface area (Å²) in [5.41, 5.74) is 3.86. The Morgan fingerprint density at radius 1 is 1.19 bits per heavy atom. The van der Waals surface area contributed by atoms with E-state index in [1.807, 2.05) is 30.5 Å². The minimum absolute atomic E-state index is 0.573. The molecule has 0 atom stereocenters. The van der Waals surface area contributed by atoms with E-state index in [0.717, 1.165) is 22.5 Å². The van der Waals surface area contributed by atoms with Gasteiger partial charge in [0.2, 0.25) is 5.88 Å². The zero-order chi connectivity index (χ0) is 14.5. The fourth-order valence-electron chi connectivity index (χ4n) is 2.08. The van der Waals surface area contributed by atoms with E-state index in [1.54, 1.807) is 25.7 Å². The minimum Gasteiger partial charge on any atom is -0.480 e. The van der Waals surface area contributed by atoms with Gasteiger partial charge in [-0.1, -0.05) is 0 Å². The van der Waals surface area contributed by atoms with Crippen molar-refractivity contribution in [2.75, 3.05) is 12.4 Å². The molecule has 0 aliphatic rings. The Morgan fingerprint density at radius 3 is 2.90 bits per heavy atom. The molecule has 0 spiro atoms. The summed E-state index contributed by atoms with van der Waals surface area (Å²) in [5, 5.41) is 10.4. The molecule has 0 fully saturated rings. The smallest absolute Gasteiger partial charge is 0.237 e. The second-order valence-electron chi connectivity index (χ2n) is 4.43. The Balaban J connectivity index is 1.79. The molecule has 3 aromatic heterocycles. The van der Waals surface area contributed by atoms with Crippen LogP contribution >= 0.6 is 0 Å². The molecular formula is C15H15N5O. The third-order valence-electron chi connectivity index (χ3n) is 3.10. The van der Waals surface area contributed by atoms with E-state index in [4.69, 9.17) is 4.74 Å². The van der Waals surface area contributed by atoms with Crippen LogP contribution in [0.25, 0.3) is 11.3 Å². The van der Waals surface area contributed by atoms with Crippen LogP contribution in [0.5, 0.6) is 5.88 Å². The number of rotatable bonds is 5. The first-order chi connectivity index (χ1) is 10.4. The molecule has 0 saturated carbocycles. The van der Waals surface area contributed by atoms with Crippen molar-refractivity contribution in [3.8, 4) is 17.1 Å². The maximum Gasteiger partial charge on any atom is 0.237 e. The number of nitrogens with zero attached hydrogens (tertiary/aromatic N) is 3. The molecule has 0 bridgehead atoms. The molecule has 3 rings (SSSR count). The molecule has 106 valence electrons. The average molecular weight is 281 g/mol. The third-order valence-corrected chi connectivity index (χ3v) is 3.10. The Bertz CT molecular complexity index is 711. The van der Waals surface area contributed by atoms with Crippen molar-refractivity contribution >= 4 is 5.69 Å². The van der Waals surface area contributed by atoms with Gasteiger partial charge in [0, 0.05) is 36.3 Å². The van der Waals surface area contributed by atoms with Crippen LogP contribution in [0.3, 0.4) is 0 Å². The lowest BCUT2D eigenvalue weighted by Crippen LogP contribution is -2.02. The monoisotopic (exact) mass is 281 g/mol. The molecule has 0 saturated heterocycles. The lowest BCUT2D eigenvalue weighted by atomic mass is 10.1. The summed E-state index contributed by atoms with van der Waals surface area (Å²) >= 11 is 0. The Hall–Kier alpha value is -2.89. The van der Waals surface area contributed by atoms with Crippen LogP contribution in [0.15, 0.2) is 49.1 Å². The number of methoxy groups -OCH3 is 1. The first-order valence-electron chi connectivity index (χ1n) is 6.54. The summed E-state index contributed by atoms with van der Waals surface area (Å²) in [6, 6.07) is 7.68. The number of pyridine rings is 2. The van der Waals surface area contributed by atoms with Gasteiger partial charge in [-0.15, -0.1) is 0 Å². The highest BCUT2D eigenvalue weighted by atomic mass is 16.5. The van der Waals surface area contributed by atoms with Crippen LogP contribution in [0.4, 0.5) is 5.69 Å². The van der Waals surface area contributed by atoms with E-state index in [2.05, 4.69) is 25.5 Å². The first kappa shape index (κ1) is 13.1. The summed E-state index contributed by atoms with van der Waals surface area (Å²) < 4.78 is 5.22. The van der Waals surface area contributed by atoms with Gasteiger partial charge in [-0.3, -0.25) is 10.1 Å². The number of nitrogens with one attached hydrogen (secondary N) is 2. The van der Waals surface area contributed by atoms with Crippen molar-refractivity contribution in [2.24, 2.45) is 0 Å². The van der Waals surface area contributed by atoms with E-state index >= 15 is 0 Å². The van der Waals surface area contributed by atoms with Crippen molar-refractivity contribution in [2.45, 2.75) is 6.54 Å². The predicted octanol–water partition coefficient (Wildman–Crippen LogP) is 2.49. The lowest BCUT2D eigenvalue weighted by molar-refractivity contribution is 0.399. The van der Waals surface area contributed by atoms with Gasteiger partial charge in [-0.25, -0.2) is 4.98 Å². The van der Waals surface area contributed by atoms with Gasteiger partial charge in [0.25, 0.3) is 0 Å². The fourth-order valence-corrected chi connectivity index (χ4v) is 2.08. The Labute approximate surface area is 122 Å². The van der Waals surface area contributed by atoms with Gasteiger partial charge in [-0.05, 0) is 24.3 Å². The SMILES string of the molecule is COc1ncccc1NCc1cn[nH]c1-c1cccnc1. The van der Waals surface area contributed by atoms with Crippen LogP contribution in [0, 0.1) is 0 Å². The minimum atomic E-state index is 0.573. The summed E-state index contributed by atoms with van der Waals surface area (Å²) in [6.07, 6.45) is 7.06. The second kappa shape index (κ2) is 6.04. The Kier molecular flexibility index (Phi) is 3.77. The van der Waals surface area contributed by atoms with Crippen molar-refractivity contribution in [3.63, 3.8) is 0 Å². The van der Waals surface area contributed by atoms with Gasteiger partial charge in [-0.2, -0.15) is 5.10 Å². The molecule has 0 aliphatic carbocycles. The molecule has 3 heterocycles. The molecule has 0 amide bonds. The maximum absolute atomic E-state index is 5.22. The average Bonchev–Trinajstić information content (AvgIpc) is 3.02. The topological polar surface area (TPSA) is 75.7 Å². The zero-order valence-electron chi connectivity index (χ0n) is 11.6. The predicted molar refractivity (Wildman–Crippen MR) is 79.9 cm³/mol. The molecular weight excluding hydrogens is 266 g/mol. The molecule has 3 aromatic rings. The summed E-state index contributed by atoms with van der Waals surface area (Å²) in [6.45, 7) is 0.614. The van der Waals surface area contributed by atoms with Crippen molar-refractivity contribution in [1.82, 2.24) is 20.2 Å². The van der Waals surface area contributed by atoms with Gasteiger partial charge in [0.05, 0.1) is 24.7 Å². The molecule has 6 nitrogen and oxygen atoms in total. The van der Waals surface area contributed by atoms with Gasteiger partial charge in [0.1, 0.15) is 0 Å². The van der Waals surface area contributed by atoms with Gasteiger partial charge < -0.3 is 10.1 Å². The van der Waals surface area contributed by atoms with Crippen LogP contribution in [-0.4, -0.2) is 27.3 Å². The molecule has 0 aromatic carbocycles. The number of ether oxygens (including phenoxy) is 1. The van der Waals surface area contributed by atoms with E-state index in [1.165, 1.54) is 0 Å². The highest BCUT2D eigenvalue weighted by Crippen LogP contribution is 2.24. The summed E-state index contributed by atoms with van der Waals surface area (Å²) in [4.78, 5) is 8.29. The number of hydrogen-bond acceptors (Lipinski definition) is 5. The normalized spacial score (nSPS) is 10.3. The molecule has 0 aliphatic heterocycles. The maximum atomic E-state index is 5.22. The quantitative estimate of drug-likeness (QED) is 0.751. The highest BCUT2D eigenvalue weighted by Gasteiger charge is 2.09. The molecule has 0 radical (unpaired) electrons. The number of hydrogen-bond donors (Lipinski definition) is 2. The van der Waals surface area contributed by atoms with Crippen LogP contribution in [0.2, 0.25) is 0 Å². The van der Waals surface area contributed by atoms with Crippen LogP contribution in [-0.2, 0) is 6.54 Å². The van der Waals surface area contributed by atoms with E-state index in [-0.39, 0.29) is 0 Å². The lowest BCUT2D eigenvalue weighted by Gasteiger charge is -2.09. The molecule has 6 heteroatoms. The number of H-pyrrole nitrogens is 1. The summed E-state index contributed by atoms with van der Waals surface area (Å²) in [7, 11) is 1.60. The van der Waals surface area contributed by atoms with Crippen molar-refractivity contribution < 1.29 is 4.74 Å². The van der Waals surface area contributed by atoms with Gasteiger partial charge in [0.15, 0.2) is 0 Å². The molecule has 2 N–H and O–H groups in total. The highest BCUT2D eigenvalue weighted by molar-refractivity contribution is 5.62. The standard InChI is InChI=1S/C15H15N5O/c1-21-15-13(5-3-7-17-15)18-9-12-10-19-20-14(12)11-4-2-6-16-8-11/h2-8,10,18H,9H2,1H3,(H,19,20). The van der Waals surface area contributed by atoms with Crippen LogP contribution < -0.4 is 10.1 Å². The number of anilines is 1. The Morgan fingerprint density at radius 2 is 2.10 bits per heavy atom. The van der Waals surface area contributed by atoms with E-state index in [0.29, 0.717) is 12.4 Å². The largest absolute Gasteiger partial charge is 0.480 e. The summed E-state index contributed by atoms with van der Waals surface area (Å²) in [5.74, 6) is 0.573. The first-order valence-corrected chi connectivity index (χ1v) is 6.54. The zero-order valence-corrected chi connectivity index (χ0v) is 11.6. The van der Waals surface area contributed by atoms with Crippen molar-refractivity contribution in [1.29, 1.82) is 0 Å². The number of aromatic amines is 1. The molecule has 0 unspecified atom stereocenters. The van der Waals surface area contributed by atoms with Gasteiger partial charge >= 0.3 is 0 Å². The van der Waals surface area contributed by atoms with E-state index < -0.39 is 0 Å². The van der Waals surface area contributed by atoms with E-state index in [9.17, 15) is 0 Å². The van der Waals surface area contributed by atoms with Crippen LogP contribution in [0.1, 0.15) is 5.56 Å². The number of aromatic nitrogens is 4. The fraction of sp³-hybridized carbons (Fsp3) is 0.133. The van der Waals surface area contributed by atoms with Crippen molar-refractivity contribution in [3.05, 3.63) is 54.6 Å². The second-order valence-corrected chi connectivity index (χ2v) is 4.43. The molecule has 21 heavy (non-hydrogen) atoms. The third kappa shape index (κ3) is 2.84.